The molecule has 0 saturated carbocycles. The van der Waals surface area contributed by atoms with Crippen LogP contribution in [0, 0.1) is 13.8 Å². The summed E-state index contributed by atoms with van der Waals surface area (Å²) in [5, 5.41) is 4.40. The molecule has 0 spiro atoms. The molecule has 75 valence electrons. The summed E-state index contributed by atoms with van der Waals surface area (Å²) in [6, 6.07) is 6.67. The molecule has 1 aromatic rings. The number of nitrogens with zero attached hydrogens (tertiary/aromatic N) is 1. The summed E-state index contributed by atoms with van der Waals surface area (Å²) in [7, 11) is 0. The monoisotopic (exact) mass is 188 g/mol. The molecule has 1 aliphatic heterocycles. The first kappa shape index (κ1) is 9.72. The fraction of sp³-hybridized carbons (Fsp3) is 0.538. The molecule has 2 rings (SSSR count). The van der Waals surface area contributed by atoms with Crippen molar-refractivity contribution >= 4 is 0 Å². The van der Waals surface area contributed by atoms with Crippen molar-refractivity contribution in [2.75, 3.05) is 13.1 Å². The van der Waals surface area contributed by atoms with E-state index in [1.54, 1.807) is 5.56 Å². The molecule has 0 aromatic heterocycles. The summed E-state index contributed by atoms with van der Waals surface area (Å²) in [6.45, 7) is 6.55. The third-order valence-corrected chi connectivity index (χ3v) is 3.36. The Balaban J connectivity index is 2.26. The van der Waals surface area contributed by atoms with Gasteiger partial charge in [0, 0.05) is 13.1 Å². The molecule has 0 aliphatic carbocycles. The van der Waals surface area contributed by atoms with Crippen LogP contribution in [0.2, 0.25) is 0 Å². The van der Waals surface area contributed by atoms with Crippen molar-refractivity contribution in [3.05, 3.63) is 34.9 Å². The smallest absolute Gasteiger partial charge is 0.0139 e. The molecule has 1 fully saturated rings. The Kier molecular flexibility index (Phi) is 2.87. The van der Waals surface area contributed by atoms with E-state index in [1.165, 1.54) is 24.0 Å². The number of benzene rings is 1. The number of piperidine rings is 1. The van der Waals surface area contributed by atoms with Crippen molar-refractivity contribution in [1.29, 1.82) is 0 Å². The summed E-state index contributed by atoms with van der Waals surface area (Å²) < 4.78 is 0. The highest BCUT2D eigenvalue weighted by atomic mass is 14.9. The Hall–Kier alpha value is -0.820. The van der Waals surface area contributed by atoms with Gasteiger partial charge in [-0.25, -0.2) is 5.32 Å². The quantitative estimate of drug-likeness (QED) is 0.643. The van der Waals surface area contributed by atoms with Crippen molar-refractivity contribution < 1.29 is 0 Å². The third-order valence-electron chi connectivity index (χ3n) is 3.36. The molecular formula is C13H18N. The maximum Gasteiger partial charge on any atom is 0.0139 e. The molecule has 0 amide bonds. The highest BCUT2D eigenvalue weighted by Crippen LogP contribution is 2.29. The second kappa shape index (κ2) is 4.14. The van der Waals surface area contributed by atoms with Crippen LogP contribution in [-0.2, 0) is 0 Å². The van der Waals surface area contributed by atoms with Crippen LogP contribution in [0.15, 0.2) is 18.2 Å². The van der Waals surface area contributed by atoms with E-state index in [9.17, 15) is 0 Å². The average Bonchev–Trinajstić information content (AvgIpc) is 2.23. The molecular weight excluding hydrogens is 170 g/mol. The van der Waals surface area contributed by atoms with Crippen LogP contribution in [0.3, 0.4) is 0 Å². The number of hydrogen-bond acceptors (Lipinski definition) is 0. The van der Waals surface area contributed by atoms with E-state index in [0.717, 1.165) is 19.0 Å². The molecule has 1 nitrogen and oxygen atoms in total. The Morgan fingerprint density at radius 2 is 1.86 bits per heavy atom. The van der Waals surface area contributed by atoms with Crippen LogP contribution in [0.5, 0.6) is 0 Å². The van der Waals surface area contributed by atoms with Crippen LogP contribution in [0.4, 0.5) is 0 Å². The van der Waals surface area contributed by atoms with Gasteiger partial charge in [0.2, 0.25) is 0 Å². The van der Waals surface area contributed by atoms with Gasteiger partial charge in [0.1, 0.15) is 0 Å². The van der Waals surface area contributed by atoms with Crippen LogP contribution in [0.1, 0.15) is 35.4 Å². The Bertz CT molecular complexity index is 311. The van der Waals surface area contributed by atoms with Gasteiger partial charge in [-0.3, -0.25) is 0 Å². The minimum absolute atomic E-state index is 0.757. The van der Waals surface area contributed by atoms with Gasteiger partial charge in [0.25, 0.3) is 0 Å². The molecule has 0 atom stereocenters. The topological polar surface area (TPSA) is 14.1 Å². The second-order valence-electron chi connectivity index (χ2n) is 4.23. The lowest BCUT2D eigenvalue weighted by Crippen LogP contribution is -2.21. The second-order valence-corrected chi connectivity index (χ2v) is 4.23. The molecule has 1 heterocycles. The Morgan fingerprint density at radius 3 is 2.57 bits per heavy atom. The molecule has 0 bridgehead atoms. The standard InChI is InChI=1S/C13H18N/c1-10-4-3-5-13(11(10)2)12-6-8-14-9-7-12/h3-5,12H,6-9H2,1-2H3. The lowest BCUT2D eigenvalue weighted by Gasteiger charge is -2.24. The lowest BCUT2D eigenvalue weighted by molar-refractivity contribution is 0.452. The molecule has 1 saturated heterocycles. The highest BCUT2D eigenvalue weighted by Gasteiger charge is 2.17. The van der Waals surface area contributed by atoms with E-state index < -0.39 is 0 Å². The largest absolute Gasteiger partial charge is 0.242 e. The molecule has 1 heteroatoms. The van der Waals surface area contributed by atoms with Crippen molar-refractivity contribution in [1.82, 2.24) is 5.32 Å². The van der Waals surface area contributed by atoms with Crippen LogP contribution in [0.25, 0.3) is 0 Å². The van der Waals surface area contributed by atoms with Crippen LogP contribution in [-0.4, -0.2) is 13.1 Å². The lowest BCUT2D eigenvalue weighted by atomic mass is 9.86. The Morgan fingerprint density at radius 1 is 1.14 bits per heavy atom. The molecule has 1 aliphatic rings. The third kappa shape index (κ3) is 1.83. The highest BCUT2D eigenvalue weighted by molar-refractivity contribution is 5.35. The fourth-order valence-corrected chi connectivity index (χ4v) is 2.28. The fourth-order valence-electron chi connectivity index (χ4n) is 2.28. The number of hydrogen-bond donors (Lipinski definition) is 0. The zero-order valence-electron chi connectivity index (χ0n) is 9.09. The van der Waals surface area contributed by atoms with Crippen molar-refractivity contribution in [2.45, 2.75) is 32.6 Å². The minimum atomic E-state index is 0.757. The van der Waals surface area contributed by atoms with Gasteiger partial charge in [-0.1, -0.05) is 18.2 Å². The van der Waals surface area contributed by atoms with Crippen LogP contribution >= 0.6 is 0 Å². The van der Waals surface area contributed by atoms with Crippen molar-refractivity contribution in [2.24, 2.45) is 0 Å². The molecule has 14 heavy (non-hydrogen) atoms. The summed E-state index contributed by atoms with van der Waals surface area (Å²) >= 11 is 0. The van der Waals surface area contributed by atoms with E-state index in [1.807, 2.05) is 0 Å². The van der Waals surface area contributed by atoms with Gasteiger partial charge in [0.05, 0.1) is 0 Å². The minimum Gasteiger partial charge on any atom is -0.242 e. The molecule has 1 aromatic carbocycles. The maximum absolute atomic E-state index is 4.40. The van der Waals surface area contributed by atoms with E-state index in [0.29, 0.717) is 0 Å². The predicted molar refractivity (Wildman–Crippen MR) is 59.8 cm³/mol. The van der Waals surface area contributed by atoms with Crippen LogP contribution < -0.4 is 5.32 Å². The average molecular weight is 188 g/mol. The van der Waals surface area contributed by atoms with Gasteiger partial charge < -0.3 is 0 Å². The predicted octanol–water partition coefficient (Wildman–Crippen LogP) is 2.79. The molecule has 0 unspecified atom stereocenters. The van der Waals surface area contributed by atoms with E-state index in [2.05, 4.69) is 37.4 Å². The zero-order valence-corrected chi connectivity index (χ0v) is 9.09. The zero-order chi connectivity index (χ0) is 9.97. The summed E-state index contributed by atoms with van der Waals surface area (Å²) in [4.78, 5) is 0. The molecule has 1 radical (unpaired) electrons. The van der Waals surface area contributed by atoms with Gasteiger partial charge in [-0.15, -0.1) is 0 Å². The van der Waals surface area contributed by atoms with E-state index in [-0.39, 0.29) is 0 Å². The van der Waals surface area contributed by atoms with Crippen molar-refractivity contribution in [3.8, 4) is 0 Å². The number of rotatable bonds is 1. The molecule has 0 N–H and O–H groups in total. The normalized spacial score (nSPS) is 18.4. The maximum atomic E-state index is 4.40. The summed E-state index contributed by atoms with van der Waals surface area (Å²) in [5.41, 5.74) is 4.46. The van der Waals surface area contributed by atoms with Gasteiger partial charge in [0.15, 0.2) is 0 Å². The summed E-state index contributed by atoms with van der Waals surface area (Å²) in [5.74, 6) is 0.757. The first-order valence-electron chi connectivity index (χ1n) is 5.48. The van der Waals surface area contributed by atoms with Gasteiger partial charge in [-0.2, -0.15) is 0 Å². The number of aryl methyl sites for hydroxylation is 1. The van der Waals surface area contributed by atoms with Gasteiger partial charge in [-0.05, 0) is 49.3 Å². The first-order chi connectivity index (χ1) is 6.79. The van der Waals surface area contributed by atoms with E-state index >= 15 is 0 Å². The summed E-state index contributed by atoms with van der Waals surface area (Å²) in [6.07, 6.45) is 2.48. The Labute approximate surface area is 86.5 Å². The first-order valence-corrected chi connectivity index (χ1v) is 5.48. The SMILES string of the molecule is Cc1cccc(C2CC[N]CC2)c1C. The van der Waals surface area contributed by atoms with Gasteiger partial charge >= 0.3 is 0 Å². The van der Waals surface area contributed by atoms with Crippen molar-refractivity contribution in [3.63, 3.8) is 0 Å². The van der Waals surface area contributed by atoms with E-state index in [4.69, 9.17) is 0 Å².